The maximum Gasteiger partial charge on any atom is 0.336 e. The first-order valence-corrected chi connectivity index (χ1v) is 12.1. The zero-order chi connectivity index (χ0) is 25.8. The molecular weight excluding hydrogens is 458 g/mol. The summed E-state index contributed by atoms with van der Waals surface area (Å²) in [6.07, 6.45) is 0.489. The van der Waals surface area contributed by atoms with Crippen molar-refractivity contribution in [2.45, 2.75) is 39.7 Å². The van der Waals surface area contributed by atoms with Gasteiger partial charge >= 0.3 is 11.9 Å². The van der Waals surface area contributed by atoms with E-state index in [9.17, 15) is 14.4 Å². The average molecular weight is 490 g/mol. The van der Waals surface area contributed by atoms with Crippen LogP contribution in [-0.4, -0.2) is 31.4 Å². The van der Waals surface area contributed by atoms with E-state index in [1.165, 1.54) is 7.11 Å². The van der Waals surface area contributed by atoms with Crippen LogP contribution < -0.4 is 10.1 Å². The number of benzene rings is 2. The third-order valence-corrected chi connectivity index (χ3v) is 6.70. The van der Waals surface area contributed by atoms with Gasteiger partial charge in [0.1, 0.15) is 18.3 Å². The molecule has 2 aromatic carbocycles. The number of hydrogen-bond acceptors (Lipinski definition) is 7. The van der Waals surface area contributed by atoms with Crippen molar-refractivity contribution in [1.82, 2.24) is 5.32 Å². The predicted octanol–water partition coefficient (Wildman–Crippen LogP) is 4.44. The quantitative estimate of drug-likeness (QED) is 0.454. The van der Waals surface area contributed by atoms with Crippen LogP contribution in [0.4, 0.5) is 0 Å². The largest absolute Gasteiger partial charge is 0.489 e. The first-order valence-electron chi connectivity index (χ1n) is 12.1. The van der Waals surface area contributed by atoms with Gasteiger partial charge in [0.15, 0.2) is 5.78 Å². The van der Waals surface area contributed by atoms with E-state index in [1.54, 1.807) is 6.92 Å². The summed E-state index contributed by atoms with van der Waals surface area (Å²) in [5.74, 6) is -2.55. The van der Waals surface area contributed by atoms with E-state index < -0.39 is 23.8 Å². The van der Waals surface area contributed by atoms with Gasteiger partial charge in [-0.1, -0.05) is 49.4 Å². The van der Waals surface area contributed by atoms with Crippen LogP contribution in [0.5, 0.6) is 5.75 Å². The van der Waals surface area contributed by atoms with Gasteiger partial charge < -0.3 is 19.5 Å². The Bertz CT molecular complexity index is 1210. The van der Waals surface area contributed by atoms with Crippen LogP contribution in [0.2, 0.25) is 0 Å². The summed E-state index contributed by atoms with van der Waals surface area (Å²) >= 11 is 0. The summed E-state index contributed by atoms with van der Waals surface area (Å²) in [4.78, 5) is 39.3. The lowest BCUT2D eigenvalue weighted by Crippen LogP contribution is -2.43. The minimum atomic E-state index is -0.923. The molecule has 0 radical (unpaired) electrons. The van der Waals surface area contributed by atoms with Crippen LogP contribution in [0.25, 0.3) is 0 Å². The molecule has 0 amide bonds. The summed E-state index contributed by atoms with van der Waals surface area (Å²) in [5.41, 5.74) is 3.93. The van der Waals surface area contributed by atoms with E-state index in [0.29, 0.717) is 35.6 Å². The molecule has 188 valence electrons. The van der Waals surface area contributed by atoms with Gasteiger partial charge in [-0.15, -0.1) is 0 Å². The number of carbonyl (C=O) groups excluding carboxylic acids is 3. The zero-order valence-electron chi connectivity index (χ0n) is 21.0. The molecule has 4 rings (SSSR count). The van der Waals surface area contributed by atoms with Gasteiger partial charge in [-0.2, -0.15) is 0 Å². The van der Waals surface area contributed by atoms with Gasteiger partial charge in [0.25, 0.3) is 0 Å². The first-order chi connectivity index (χ1) is 17.3. The fourth-order valence-corrected chi connectivity index (χ4v) is 4.99. The Labute approximate surface area is 211 Å². The summed E-state index contributed by atoms with van der Waals surface area (Å²) in [6.45, 7) is 6.04. The lowest BCUT2D eigenvalue weighted by Gasteiger charge is -2.38. The number of nitrogens with one attached hydrogen (secondary N) is 1. The van der Waals surface area contributed by atoms with Crippen LogP contribution in [0.1, 0.15) is 44.2 Å². The summed E-state index contributed by atoms with van der Waals surface area (Å²) in [7, 11) is 1.28. The number of ketones is 1. The maximum absolute atomic E-state index is 13.7. The monoisotopic (exact) mass is 489 g/mol. The van der Waals surface area contributed by atoms with Crippen molar-refractivity contribution in [3.63, 3.8) is 0 Å². The lowest BCUT2D eigenvalue weighted by molar-refractivity contribution is -0.151. The Morgan fingerprint density at radius 1 is 1.06 bits per heavy atom. The van der Waals surface area contributed by atoms with E-state index in [2.05, 4.69) is 5.32 Å². The number of allylic oxidation sites excluding steroid dienone is 3. The highest BCUT2D eigenvalue weighted by atomic mass is 16.5. The molecule has 36 heavy (non-hydrogen) atoms. The molecule has 2 aliphatic rings. The van der Waals surface area contributed by atoms with Crippen molar-refractivity contribution in [1.29, 1.82) is 0 Å². The normalized spacial score (nSPS) is 21.4. The fourth-order valence-electron chi connectivity index (χ4n) is 4.99. The number of ether oxygens (including phenoxy) is 3. The standard InChI is InChI=1S/C29H31NO6/c1-5-35-29(33)24-18(3)30-22-15-17(2)23(28(32)34-4)27(31)26(22)25(24)20-11-13-21(14-12-20)36-16-19-9-7-6-8-10-19/h6-14,17,23,25,30H,5,15-16H2,1-4H3/t17-,23+,25+/m0/s1. The van der Waals surface area contributed by atoms with E-state index >= 15 is 0 Å². The van der Waals surface area contributed by atoms with Crippen molar-refractivity contribution < 1.29 is 28.6 Å². The van der Waals surface area contributed by atoms with Crippen LogP contribution >= 0.6 is 0 Å². The van der Waals surface area contributed by atoms with Crippen molar-refractivity contribution in [2.75, 3.05) is 13.7 Å². The van der Waals surface area contributed by atoms with Gasteiger partial charge in [-0.05, 0) is 49.4 Å². The Morgan fingerprint density at radius 2 is 1.75 bits per heavy atom. The van der Waals surface area contributed by atoms with Crippen LogP contribution in [0.15, 0.2) is 77.1 Å². The Morgan fingerprint density at radius 3 is 2.39 bits per heavy atom. The molecule has 1 aliphatic carbocycles. The Balaban J connectivity index is 1.71. The molecular formula is C29H31NO6. The van der Waals surface area contributed by atoms with E-state index in [4.69, 9.17) is 14.2 Å². The molecule has 7 nitrogen and oxygen atoms in total. The van der Waals surface area contributed by atoms with Gasteiger partial charge in [-0.3, -0.25) is 9.59 Å². The number of carbonyl (C=O) groups is 3. The molecule has 0 bridgehead atoms. The maximum atomic E-state index is 13.7. The molecule has 3 atom stereocenters. The molecule has 0 fully saturated rings. The lowest BCUT2D eigenvalue weighted by atomic mass is 9.69. The number of dihydropyridines is 1. The number of esters is 2. The van der Waals surface area contributed by atoms with Crippen LogP contribution in [0, 0.1) is 11.8 Å². The number of methoxy groups -OCH3 is 1. The molecule has 0 saturated carbocycles. The van der Waals surface area contributed by atoms with Gasteiger partial charge in [0.05, 0.1) is 19.3 Å². The molecule has 7 heteroatoms. The highest BCUT2D eigenvalue weighted by Gasteiger charge is 2.47. The predicted molar refractivity (Wildman–Crippen MR) is 134 cm³/mol. The minimum Gasteiger partial charge on any atom is -0.489 e. The molecule has 1 aliphatic heterocycles. The van der Waals surface area contributed by atoms with Gasteiger partial charge in [-0.25, -0.2) is 4.79 Å². The second-order valence-electron chi connectivity index (χ2n) is 9.10. The van der Waals surface area contributed by atoms with Gasteiger partial charge in [0, 0.05) is 22.9 Å². The number of hydrogen-bond donors (Lipinski definition) is 1. The third-order valence-electron chi connectivity index (χ3n) is 6.70. The Hall–Kier alpha value is -3.87. The van der Waals surface area contributed by atoms with Crippen LogP contribution in [0.3, 0.4) is 0 Å². The minimum absolute atomic E-state index is 0.205. The van der Waals surface area contributed by atoms with Gasteiger partial charge in [0.2, 0.25) is 0 Å². The molecule has 2 aromatic rings. The van der Waals surface area contributed by atoms with Crippen molar-refractivity contribution >= 4 is 17.7 Å². The van der Waals surface area contributed by atoms with E-state index in [1.807, 2.05) is 68.4 Å². The summed E-state index contributed by atoms with van der Waals surface area (Å²) < 4.78 is 16.2. The van der Waals surface area contributed by atoms with Crippen molar-refractivity contribution in [2.24, 2.45) is 11.8 Å². The highest BCUT2D eigenvalue weighted by molar-refractivity contribution is 6.12. The molecule has 0 unspecified atom stereocenters. The first kappa shape index (κ1) is 25.2. The highest BCUT2D eigenvalue weighted by Crippen LogP contribution is 2.45. The zero-order valence-corrected chi connectivity index (χ0v) is 21.0. The van der Waals surface area contributed by atoms with E-state index in [0.717, 1.165) is 16.8 Å². The molecule has 1 heterocycles. The van der Waals surface area contributed by atoms with E-state index in [-0.39, 0.29) is 18.3 Å². The molecule has 0 spiro atoms. The van der Waals surface area contributed by atoms with Crippen molar-refractivity contribution in [3.05, 3.63) is 88.3 Å². The molecule has 0 aromatic heterocycles. The second kappa shape index (κ2) is 10.8. The number of rotatable bonds is 7. The smallest absolute Gasteiger partial charge is 0.336 e. The molecule has 1 N–H and O–H groups in total. The Kier molecular flexibility index (Phi) is 7.58. The average Bonchev–Trinajstić information content (AvgIpc) is 2.87. The summed E-state index contributed by atoms with van der Waals surface area (Å²) in [6, 6.07) is 17.2. The van der Waals surface area contributed by atoms with Crippen LogP contribution in [-0.2, 0) is 30.5 Å². The van der Waals surface area contributed by atoms with Crippen molar-refractivity contribution in [3.8, 4) is 5.75 Å². The number of Topliss-reactive ketones (excluding diaryl/α,β-unsaturated/α-hetero) is 1. The summed E-state index contributed by atoms with van der Waals surface area (Å²) in [5, 5.41) is 3.26. The topological polar surface area (TPSA) is 90.9 Å². The second-order valence-corrected chi connectivity index (χ2v) is 9.10. The SMILES string of the molecule is CCOC(=O)C1=C(C)NC2=C(C(=O)[C@H](C(=O)OC)[C@@H](C)C2)[C@@H]1c1ccc(OCc2ccccc2)cc1. The fraction of sp³-hybridized carbons (Fsp3) is 0.345. The molecule has 0 saturated heterocycles. The third kappa shape index (κ3) is 4.91.